The molecule has 5 rings (SSSR count). The van der Waals surface area contributed by atoms with Crippen LogP contribution < -0.4 is 0 Å². The van der Waals surface area contributed by atoms with Crippen molar-refractivity contribution >= 4 is 46.4 Å². The van der Waals surface area contributed by atoms with Gasteiger partial charge in [0, 0.05) is 32.3 Å². The first kappa shape index (κ1) is 22.0. The molecule has 2 aromatic heterocycles. The predicted molar refractivity (Wildman–Crippen MR) is 136 cm³/mol. The van der Waals surface area contributed by atoms with E-state index < -0.39 is 0 Å². The van der Waals surface area contributed by atoms with Crippen molar-refractivity contribution in [2.75, 3.05) is 0 Å². The summed E-state index contributed by atoms with van der Waals surface area (Å²) in [6.45, 7) is 0. The first-order valence-corrected chi connectivity index (χ1v) is 11.4. The van der Waals surface area contributed by atoms with Gasteiger partial charge < -0.3 is 4.42 Å². The van der Waals surface area contributed by atoms with Crippen molar-refractivity contribution in [2.24, 2.45) is 0 Å². The lowest BCUT2D eigenvalue weighted by atomic mass is 10.0. The van der Waals surface area contributed by atoms with Crippen LogP contribution in [0.5, 0.6) is 0 Å². The Kier molecular flexibility index (Phi) is 6.13. The fourth-order valence-corrected chi connectivity index (χ4v) is 4.00. The highest BCUT2D eigenvalue weighted by Crippen LogP contribution is 2.37. The predicted octanol–water partition coefficient (Wildman–Crippen LogP) is 9.35. The molecule has 3 nitrogen and oxygen atoms in total. The van der Waals surface area contributed by atoms with Gasteiger partial charge in [-0.15, -0.1) is 10.2 Å². The van der Waals surface area contributed by atoms with Gasteiger partial charge in [0.15, 0.2) is 0 Å². The number of hydrogen-bond donors (Lipinski definition) is 0. The molecule has 0 atom stereocenters. The Hall–Kier alpha value is -2.82. The van der Waals surface area contributed by atoms with Crippen molar-refractivity contribution in [3.05, 3.63) is 105 Å². The van der Waals surface area contributed by atoms with Gasteiger partial charge in [-0.2, -0.15) is 0 Å². The summed E-state index contributed by atoms with van der Waals surface area (Å²) in [6, 6.07) is 26.0. The zero-order chi connectivity index (χ0) is 22.9. The van der Waals surface area contributed by atoms with Crippen molar-refractivity contribution in [3.63, 3.8) is 0 Å². The molecule has 162 valence electrons. The van der Waals surface area contributed by atoms with Crippen molar-refractivity contribution < 1.29 is 4.42 Å². The van der Waals surface area contributed by atoms with Crippen LogP contribution in [0.3, 0.4) is 0 Å². The topological polar surface area (TPSA) is 38.9 Å². The lowest BCUT2D eigenvalue weighted by molar-refractivity contribution is 0.597. The van der Waals surface area contributed by atoms with Gasteiger partial charge >= 0.3 is 0 Å². The van der Waals surface area contributed by atoms with Gasteiger partial charge in [0.05, 0.1) is 15.7 Å². The second-order valence-electron chi connectivity index (χ2n) is 7.30. The molecule has 0 aliphatic heterocycles. The summed E-state index contributed by atoms with van der Waals surface area (Å²) in [5.41, 5.74) is 4.77. The highest BCUT2D eigenvalue weighted by molar-refractivity contribution is 6.42. The lowest BCUT2D eigenvalue weighted by Crippen LogP contribution is -1.95. The summed E-state index contributed by atoms with van der Waals surface area (Å²) in [4.78, 5) is 0. The van der Waals surface area contributed by atoms with Gasteiger partial charge in [0.25, 0.3) is 0 Å². The second kappa shape index (κ2) is 9.20. The molecule has 0 amide bonds. The minimum atomic E-state index is 0.463. The molecule has 2 heterocycles. The van der Waals surface area contributed by atoms with Crippen LogP contribution in [0.25, 0.3) is 45.2 Å². The van der Waals surface area contributed by atoms with E-state index in [9.17, 15) is 0 Å². The second-order valence-corrected chi connectivity index (χ2v) is 8.99. The van der Waals surface area contributed by atoms with E-state index in [4.69, 9.17) is 50.8 Å². The Morgan fingerprint density at radius 1 is 0.515 bits per heavy atom. The zero-order valence-electron chi connectivity index (χ0n) is 16.9. The van der Waals surface area contributed by atoms with Gasteiger partial charge in [-0.05, 0) is 60.7 Å². The number of aromatic nitrogens is 2. The average molecular weight is 512 g/mol. The molecule has 0 saturated heterocycles. The number of hydrogen-bond acceptors (Lipinski definition) is 3. The fraction of sp³-hybridized carbons (Fsp3) is 0. The zero-order valence-corrected chi connectivity index (χ0v) is 19.9. The summed E-state index contributed by atoms with van der Waals surface area (Å²) >= 11 is 24.4. The van der Waals surface area contributed by atoms with Gasteiger partial charge in [-0.1, -0.05) is 70.7 Å². The van der Waals surface area contributed by atoms with Crippen LogP contribution in [0.1, 0.15) is 0 Å². The fourth-order valence-electron chi connectivity index (χ4n) is 3.45. The van der Waals surface area contributed by atoms with E-state index >= 15 is 0 Å². The molecule has 5 aromatic rings. The Labute approximate surface area is 210 Å². The minimum absolute atomic E-state index is 0.463. The van der Waals surface area contributed by atoms with Gasteiger partial charge in [0.2, 0.25) is 0 Å². The highest BCUT2D eigenvalue weighted by atomic mass is 35.5. The molecule has 0 aliphatic carbocycles. The SMILES string of the molecule is Clc1ccc(-c2cc(-c3ccc(-c4ccc(Cl)c(Cl)c4)o3)c(-c3ccc(Cl)cc3)nn2)cc1. The van der Waals surface area contributed by atoms with Crippen LogP contribution >= 0.6 is 46.4 Å². The van der Waals surface area contributed by atoms with Crippen molar-refractivity contribution in [3.8, 4) is 45.2 Å². The molecule has 0 spiro atoms. The molecule has 0 aliphatic rings. The normalized spacial score (nSPS) is 11.0. The molecule has 33 heavy (non-hydrogen) atoms. The van der Waals surface area contributed by atoms with E-state index in [2.05, 4.69) is 10.2 Å². The Morgan fingerprint density at radius 3 is 1.79 bits per heavy atom. The first-order valence-electron chi connectivity index (χ1n) is 9.93. The number of furan rings is 1. The van der Waals surface area contributed by atoms with Crippen LogP contribution in [0, 0.1) is 0 Å². The van der Waals surface area contributed by atoms with Crippen molar-refractivity contribution in [2.45, 2.75) is 0 Å². The maximum absolute atomic E-state index is 6.23. The van der Waals surface area contributed by atoms with E-state index in [1.165, 1.54) is 0 Å². The lowest BCUT2D eigenvalue weighted by Gasteiger charge is -2.09. The standard InChI is InChI=1S/C26H14Cl4N2O/c27-18-6-1-15(2-7-18)23-14-20(26(32-31-23)16-3-8-19(28)9-4-16)25-12-11-24(33-25)17-5-10-21(29)22(30)13-17/h1-14H. The van der Waals surface area contributed by atoms with Gasteiger partial charge in [-0.3, -0.25) is 0 Å². The molecule has 0 bridgehead atoms. The Morgan fingerprint density at radius 2 is 1.12 bits per heavy atom. The summed E-state index contributed by atoms with van der Waals surface area (Å²) < 4.78 is 6.23. The van der Waals surface area contributed by atoms with E-state index in [1.807, 2.05) is 72.8 Å². The quantitative estimate of drug-likeness (QED) is 0.241. The molecular formula is C26H14Cl4N2O. The third-order valence-corrected chi connectivity index (χ3v) is 6.37. The van der Waals surface area contributed by atoms with Gasteiger partial charge in [-0.25, -0.2) is 0 Å². The number of nitrogens with zero attached hydrogens (tertiary/aromatic N) is 2. The van der Waals surface area contributed by atoms with E-state index in [0.29, 0.717) is 43.0 Å². The van der Waals surface area contributed by atoms with Crippen LogP contribution in [-0.4, -0.2) is 10.2 Å². The summed E-state index contributed by atoms with van der Waals surface area (Å²) in [5.74, 6) is 1.31. The molecule has 0 fully saturated rings. The van der Waals surface area contributed by atoms with Crippen LogP contribution in [-0.2, 0) is 0 Å². The first-order chi connectivity index (χ1) is 16.0. The van der Waals surface area contributed by atoms with E-state index in [0.717, 1.165) is 22.3 Å². The number of rotatable bonds is 4. The summed E-state index contributed by atoms with van der Waals surface area (Å²) in [5, 5.41) is 11.2. The Balaban J connectivity index is 1.64. The average Bonchev–Trinajstić information content (AvgIpc) is 3.32. The monoisotopic (exact) mass is 510 g/mol. The third kappa shape index (κ3) is 4.64. The van der Waals surface area contributed by atoms with Crippen LogP contribution in [0.2, 0.25) is 20.1 Å². The van der Waals surface area contributed by atoms with E-state index in [-0.39, 0.29) is 0 Å². The van der Waals surface area contributed by atoms with Gasteiger partial charge in [0.1, 0.15) is 17.2 Å². The smallest absolute Gasteiger partial charge is 0.137 e. The van der Waals surface area contributed by atoms with Crippen LogP contribution in [0.15, 0.2) is 89.3 Å². The van der Waals surface area contributed by atoms with E-state index in [1.54, 1.807) is 12.1 Å². The highest BCUT2D eigenvalue weighted by Gasteiger charge is 2.17. The largest absolute Gasteiger partial charge is 0.456 e. The minimum Gasteiger partial charge on any atom is -0.456 e. The van der Waals surface area contributed by atoms with Crippen molar-refractivity contribution in [1.82, 2.24) is 10.2 Å². The molecule has 3 aromatic carbocycles. The Bertz CT molecular complexity index is 1440. The third-order valence-electron chi connectivity index (χ3n) is 5.13. The molecule has 7 heteroatoms. The molecule has 0 N–H and O–H groups in total. The molecule has 0 radical (unpaired) electrons. The number of halogens is 4. The maximum atomic E-state index is 6.23. The number of benzene rings is 3. The summed E-state index contributed by atoms with van der Waals surface area (Å²) in [7, 11) is 0. The summed E-state index contributed by atoms with van der Waals surface area (Å²) in [6.07, 6.45) is 0. The molecule has 0 saturated carbocycles. The van der Waals surface area contributed by atoms with Crippen LogP contribution in [0.4, 0.5) is 0 Å². The maximum Gasteiger partial charge on any atom is 0.137 e. The molecule has 0 unspecified atom stereocenters. The van der Waals surface area contributed by atoms with Crippen molar-refractivity contribution in [1.29, 1.82) is 0 Å². The molecular weight excluding hydrogens is 498 g/mol.